The van der Waals surface area contributed by atoms with Crippen LogP contribution in [0.25, 0.3) is 11.0 Å². The van der Waals surface area contributed by atoms with Gasteiger partial charge < -0.3 is 9.52 Å². The van der Waals surface area contributed by atoms with Gasteiger partial charge in [0.25, 0.3) is 5.95 Å². The number of aryl methyl sites for hydroxylation is 1. The zero-order valence-corrected chi connectivity index (χ0v) is 6.16. The van der Waals surface area contributed by atoms with E-state index in [1.165, 1.54) is 0 Å². The van der Waals surface area contributed by atoms with Crippen LogP contribution in [0, 0.1) is 6.92 Å². The molecule has 1 aromatic heterocycles. The Morgan fingerprint density at radius 2 is 2.00 bits per heavy atom. The Bertz CT molecular complexity index is 387. The third-order valence-electron chi connectivity index (χ3n) is 1.82. The summed E-state index contributed by atoms with van der Waals surface area (Å²) < 4.78 is 5.05. The lowest BCUT2D eigenvalue weighted by Crippen LogP contribution is -1.65. The van der Waals surface area contributed by atoms with Gasteiger partial charge in [0.1, 0.15) is 5.58 Å². The van der Waals surface area contributed by atoms with Crippen LogP contribution in [0.3, 0.4) is 0 Å². The summed E-state index contributed by atoms with van der Waals surface area (Å²) in [5.74, 6) is 0.0196. The maximum Gasteiger partial charge on any atom is 0.285 e. The van der Waals surface area contributed by atoms with Crippen molar-refractivity contribution in [1.82, 2.24) is 0 Å². The van der Waals surface area contributed by atoms with E-state index in [1.807, 2.05) is 31.2 Å². The second kappa shape index (κ2) is 2.02. The average Bonchev–Trinajstić information content (AvgIpc) is 2.30. The fraction of sp³-hybridized carbons (Fsp3) is 0.111. The third-order valence-corrected chi connectivity index (χ3v) is 1.82. The fourth-order valence-electron chi connectivity index (χ4n) is 1.16. The number of hydrogen-bond donors (Lipinski definition) is 1. The van der Waals surface area contributed by atoms with Crippen LogP contribution in [0.5, 0.6) is 5.95 Å². The number of hydrogen-bond acceptors (Lipinski definition) is 2. The molecule has 0 amide bonds. The molecule has 1 heterocycles. The lowest BCUT2D eigenvalue weighted by atomic mass is 10.2. The quantitative estimate of drug-likeness (QED) is 0.622. The maximum absolute atomic E-state index is 9.18. The third kappa shape index (κ3) is 0.792. The van der Waals surface area contributed by atoms with E-state index in [4.69, 9.17) is 4.42 Å². The first-order valence-corrected chi connectivity index (χ1v) is 3.46. The molecule has 0 aliphatic rings. The van der Waals surface area contributed by atoms with Gasteiger partial charge in [-0.25, -0.2) is 0 Å². The Kier molecular flexibility index (Phi) is 1.15. The molecule has 0 aliphatic heterocycles. The summed E-state index contributed by atoms with van der Waals surface area (Å²) in [4.78, 5) is 0. The highest BCUT2D eigenvalue weighted by atomic mass is 16.5. The summed E-state index contributed by atoms with van der Waals surface area (Å²) in [5.41, 5.74) is 1.54. The molecule has 0 saturated carbocycles. The molecule has 2 aromatic rings. The van der Waals surface area contributed by atoms with Crippen molar-refractivity contribution in [2.45, 2.75) is 6.92 Å². The fourth-order valence-corrected chi connectivity index (χ4v) is 1.16. The van der Waals surface area contributed by atoms with Crippen LogP contribution in [0.15, 0.2) is 28.7 Å². The Morgan fingerprint density at radius 1 is 1.27 bits per heavy atom. The molecule has 2 heteroatoms. The lowest BCUT2D eigenvalue weighted by Gasteiger charge is -1.84. The SMILES string of the molecule is Cc1c(O)oc2ccccc12. The van der Waals surface area contributed by atoms with E-state index < -0.39 is 0 Å². The maximum atomic E-state index is 9.18. The summed E-state index contributed by atoms with van der Waals surface area (Å²) in [6.07, 6.45) is 0. The molecule has 56 valence electrons. The van der Waals surface area contributed by atoms with Crippen LogP contribution < -0.4 is 0 Å². The second-order valence-electron chi connectivity index (χ2n) is 2.53. The average molecular weight is 148 g/mol. The molecule has 0 atom stereocenters. The molecule has 0 saturated heterocycles. The van der Waals surface area contributed by atoms with Crippen molar-refractivity contribution in [3.63, 3.8) is 0 Å². The second-order valence-corrected chi connectivity index (χ2v) is 2.53. The van der Waals surface area contributed by atoms with E-state index in [2.05, 4.69) is 0 Å². The first-order chi connectivity index (χ1) is 5.29. The smallest absolute Gasteiger partial charge is 0.285 e. The van der Waals surface area contributed by atoms with Crippen molar-refractivity contribution in [3.8, 4) is 5.95 Å². The van der Waals surface area contributed by atoms with Gasteiger partial charge in [-0.3, -0.25) is 0 Å². The van der Waals surface area contributed by atoms with Crippen molar-refractivity contribution >= 4 is 11.0 Å². The highest BCUT2D eigenvalue weighted by molar-refractivity contribution is 5.82. The largest absolute Gasteiger partial charge is 0.480 e. The molecule has 0 radical (unpaired) electrons. The van der Waals surface area contributed by atoms with Gasteiger partial charge in [-0.1, -0.05) is 18.2 Å². The molecular formula is C9H8O2. The van der Waals surface area contributed by atoms with Crippen LogP contribution in [0.4, 0.5) is 0 Å². The molecule has 2 rings (SSSR count). The Balaban J connectivity index is 2.92. The lowest BCUT2D eigenvalue weighted by molar-refractivity contribution is 0.343. The van der Waals surface area contributed by atoms with Gasteiger partial charge in [0, 0.05) is 10.9 Å². The first-order valence-electron chi connectivity index (χ1n) is 3.46. The zero-order valence-electron chi connectivity index (χ0n) is 6.16. The van der Waals surface area contributed by atoms with E-state index in [0.29, 0.717) is 0 Å². The van der Waals surface area contributed by atoms with Crippen molar-refractivity contribution in [2.24, 2.45) is 0 Å². The van der Waals surface area contributed by atoms with E-state index in [9.17, 15) is 5.11 Å². The van der Waals surface area contributed by atoms with Gasteiger partial charge in [0.2, 0.25) is 0 Å². The number of aromatic hydroxyl groups is 1. The first kappa shape index (κ1) is 6.28. The summed E-state index contributed by atoms with van der Waals surface area (Å²) in [6.45, 7) is 1.83. The van der Waals surface area contributed by atoms with Gasteiger partial charge >= 0.3 is 0 Å². The number of furan rings is 1. The molecule has 0 fully saturated rings. The molecule has 2 nitrogen and oxygen atoms in total. The van der Waals surface area contributed by atoms with Crippen molar-refractivity contribution in [1.29, 1.82) is 0 Å². The molecule has 0 bridgehead atoms. The van der Waals surface area contributed by atoms with Gasteiger partial charge in [-0.2, -0.15) is 0 Å². The molecular weight excluding hydrogens is 140 g/mol. The summed E-state index contributed by atoms with van der Waals surface area (Å²) in [6, 6.07) is 7.56. The minimum Gasteiger partial charge on any atom is -0.480 e. The van der Waals surface area contributed by atoms with Crippen LogP contribution in [-0.2, 0) is 0 Å². The minimum atomic E-state index is 0.0196. The van der Waals surface area contributed by atoms with Crippen LogP contribution in [0.1, 0.15) is 5.56 Å². The Labute approximate surface area is 64.1 Å². The predicted molar refractivity (Wildman–Crippen MR) is 42.6 cm³/mol. The molecule has 1 aromatic carbocycles. The zero-order chi connectivity index (χ0) is 7.84. The van der Waals surface area contributed by atoms with Crippen LogP contribution in [0.2, 0.25) is 0 Å². The van der Waals surface area contributed by atoms with E-state index in [-0.39, 0.29) is 5.95 Å². The highest BCUT2D eigenvalue weighted by Gasteiger charge is 2.06. The van der Waals surface area contributed by atoms with Gasteiger partial charge in [0.05, 0.1) is 0 Å². The molecule has 0 unspecified atom stereocenters. The summed E-state index contributed by atoms with van der Waals surface area (Å²) in [5, 5.41) is 10.2. The molecule has 0 aliphatic carbocycles. The molecule has 11 heavy (non-hydrogen) atoms. The number of benzene rings is 1. The van der Waals surface area contributed by atoms with E-state index >= 15 is 0 Å². The number of rotatable bonds is 0. The Hall–Kier alpha value is -1.44. The van der Waals surface area contributed by atoms with Crippen molar-refractivity contribution in [3.05, 3.63) is 29.8 Å². The normalized spacial score (nSPS) is 10.6. The van der Waals surface area contributed by atoms with Crippen LogP contribution in [-0.4, -0.2) is 5.11 Å². The van der Waals surface area contributed by atoms with Gasteiger partial charge in [-0.05, 0) is 13.0 Å². The van der Waals surface area contributed by atoms with Crippen molar-refractivity contribution in [2.75, 3.05) is 0 Å². The Morgan fingerprint density at radius 3 is 2.73 bits per heavy atom. The number of fused-ring (bicyclic) bond motifs is 1. The van der Waals surface area contributed by atoms with Crippen LogP contribution >= 0.6 is 0 Å². The van der Waals surface area contributed by atoms with Gasteiger partial charge in [0.15, 0.2) is 0 Å². The van der Waals surface area contributed by atoms with E-state index in [0.717, 1.165) is 16.5 Å². The van der Waals surface area contributed by atoms with E-state index in [1.54, 1.807) is 0 Å². The predicted octanol–water partition coefficient (Wildman–Crippen LogP) is 2.45. The molecule has 1 N–H and O–H groups in total. The number of para-hydroxylation sites is 1. The minimum absolute atomic E-state index is 0.0196. The standard InChI is InChI=1S/C9H8O2/c1-6-7-4-2-3-5-8(7)11-9(6)10/h2-5,10H,1H3. The topological polar surface area (TPSA) is 33.4 Å². The summed E-state index contributed by atoms with van der Waals surface area (Å²) >= 11 is 0. The summed E-state index contributed by atoms with van der Waals surface area (Å²) in [7, 11) is 0. The monoisotopic (exact) mass is 148 g/mol. The molecule has 0 spiro atoms. The van der Waals surface area contributed by atoms with Gasteiger partial charge in [-0.15, -0.1) is 0 Å². The highest BCUT2D eigenvalue weighted by Crippen LogP contribution is 2.28. The van der Waals surface area contributed by atoms with Crippen molar-refractivity contribution < 1.29 is 9.52 Å².